The van der Waals surface area contributed by atoms with E-state index in [9.17, 15) is 9.90 Å². The van der Waals surface area contributed by atoms with E-state index >= 15 is 0 Å². The van der Waals surface area contributed by atoms with E-state index in [1.807, 2.05) is 6.07 Å². The number of aliphatic hydroxyl groups is 1. The van der Waals surface area contributed by atoms with Crippen LogP contribution >= 0.6 is 34.8 Å². The number of benzene rings is 1. The number of hydrogen-bond donors (Lipinski definition) is 2. The summed E-state index contributed by atoms with van der Waals surface area (Å²) in [7, 11) is 0. The number of halogens is 3. The summed E-state index contributed by atoms with van der Waals surface area (Å²) in [6.45, 7) is 3.15. The third kappa shape index (κ3) is 4.32. The number of rotatable bonds is 3. The average Bonchev–Trinajstić information content (AvgIpc) is 2.23. The van der Waals surface area contributed by atoms with Crippen molar-refractivity contribution >= 4 is 40.7 Å². The normalized spacial score (nSPS) is 14.1. The van der Waals surface area contributed by atoms with E-state index in [0.29, 0.717) is 0 Å². The van der Waals surface area contributed by atoms with Crippen LogP contribution in [0.2, 0.25) is 0 Å². The molecule has 0 spiro atoms. The van der Waals surface area contributed by atoms with E-state index in [0.717, 1.165) is 5.56 Å². The Hall–Kier alpha value is -0.480. The molecule has 0 bridgehead atoms. The zero-order valence-corrected chi connectivity index (χ0v) is 12.2. The van der Waals surface area contributed by atoms with E-state index in [2.05, 4.69) is 5.32 Å². The summed E-state index contributed by atoms with van der Waals surface area (Å²) in [5, 5.41) is 12.6. The third-order valence-corrected chi connectivity index (χ3v) is 2.89. The molecule has 18 heavy (non-hydrogen) atoms. The SMILES string of the molecule is CC(C)(O)[C@H](NC(=O)C(Cl)(Cl)Cl)c1ccccc1. The van der Waals surface area contributed by atoms with Crippen LogP contribution in [-0.2, 0) is 4.79 Å². The molecule has 1 amide bonds. The minimum Gasteiger partial charge on any atom is -0.388 e. The van der Waals surface area contributed by atoms with Gasteiger partial charge in [-0.25, -0.2) is 0 Å². The van der Waals surface area contributed by atoms with Crippen LogP contribution in [0, 0.1) is 0 Å². The highest BCUT2D eigenvalue weighted by Gasteiger charge is 2.37. The van der Waals surface area contributed by atoms with Gasteiger partial charge < -0.3 is 10.4 Å². The molecule has 0 unspecified atom stereocenters. The lowest BCUT2D eigenvalue weighted by Gasteiger charge is -2.31. The smallest absolute Gasteiger partial charge is 0.272 e. The minimum absolute atomic E-state index is 0.665. The molecule has 100 valence electrons. The van der Waals surface area contributed by atoms with Crippen LogP contribution in [-0.4, -0.2) is 20.4 Å². The van der Waals surface area contributed by atoms with Crippen molar-refractivity contribution in [3.63, 3.8) is 0 Å². The first-order chi connectivity index (χ1) is 8.12. The quantitative estimate of drug-likeness (QED) is 0.843. The maximum Gasteiger partial charge on any atom is 0.272 e. The fraction of sp³-hybridized carbons (Fsp3) is 0.417. The molecule has 0 saturated carbocycles. The van der Waals surface area contributed by atoms with E-state index < -0.39 is 21.3 Å². The molecule has 1 atom stereocenters. The summed E-state index contributed by atoms with van der Waals surface area (Å²) < 4.78 is -2.06. The van der Waals surface area contributed by atoms with Crippen molar-refractivity contribution in [2.24, 2.45) is 0 Å². The molecule has 0 aromatic heterocycles. The summed E-state index contributed by atoms with van der Waals surface area (Å²) in [6, 6.07) is 8.33. The molecule has 1 aromatic carbocycles. The number of carbonyl (C=O) groups is 1. The molecule has 6 heteroatoms. The molecule has 0 fully saturated rings. The average molecular weight is 311 g/mol. The maximum absolute atomic E-state index is 11.7. The summed E-state index contributed by atoms with van der Waals surface area (Å²) in [5.41, 5.74) is -0.458. The van der Waals surface area contributed by atoms with Gasteiger partial charge in [-0.3, -0.25) is 4.79 Å². The topological polar surface area (TPSA) is 49.3 Å². The van der Waals surface area contributed by atoms with Gasteiger partial charge in [0.05, 0.1) is 11.6 Å². The van der Waals surface area contributed by atoms with Crippen LogP contribution in [0.5, 0.6) is 0 Å². The van der Waals surface area contributed by atoms with Gasteiger partial charge in [-0.1, -0.05) is 65.1 Å². The van der Waals surface area contributed by atoms with Gasteiger partial charge in [0.15, 0.2) is 0 Å². The standard InChI is InChI=1S/C12H14Cl3NO2/c1-11(2,18)9(8-6-4-3-5-7-8)16-10(17)12(13,14)15/h3-7,9,18H,1-2H3,(H,16,17)/t9-/m1/s1. The van der Waals surface area contributed by atoms with Gasteiger partial charge in [0.1, 0.15) is 0 Å². The first-order valence-corrected chi connectivity index (χ1v) is 6.41. The molecule has 2 N–H and O–H groups in total. The predicted octanol–water partition coefficient (Wildman–Crippen LogP) is 2.99. The van der Waals surface area contributed by atoms with Gasteiger partial charge in [-0.15, -0.1) is 0 Å². The zero-order chi connectivity index (χ0) is 14.0. The second kappa shape index (κ2) is 5.66. The van der Waals surface area contributed by atoms with Gasteiger partial charge in [0, 0.05) is 0 Å². The summed E-state index contributed by atoms with van der Waals surface area (Å²) in [6.07, 6.45) is 0. The van der Waals surface area contributed by atoms with Crippen LogP contribution < -0.4 is 5.32 Å². The molecule has 3 nitrogen and oxygen atoms in total. The van der Waals surface area contributed by atoms with Crippen molar-refractivity contribution in [2.75, 3.05) is 0 Å². The molecule has 1 aromatic rings. The molecule has 0 aliphatic rings. The first-order valence-electron chi connectivity index (χ1n) is 5.27. The Labute approximate surface area is 121 Å². The molecule has 0 saturated heterocycles. The van der Waals surface area contributed by atoms with E-state index in [1.165, 1.54) is 0 Å². The van der Waals surface area contributed by atoms with Crippen LogP contribution in [0.4, 0.5) is 0 Å². The Kier molecular flexibility index (Phi) is 4.90. The van der Waals surface area contributed by atoms with E-state index in [1.54, 1.807) is 38.1 Å². The van der Waals surface area contributed by atoms with Gasteiger partial charge in [-0.2, -0.15) is 0 Å². The second-order valence-corrected chi connectivity index (χ2v) is 6.75. The molecule has 1 rings (SSSR count). The van der Waals surface area contributed by atoms with Crippen molar-refractivity contribution in [2.45, 2.75) is 29.3 Å². The number of amides is 1. The zero-order valence-electron chi connectivity index (χ0n) is 9.95. The number of hydrogen-bond acceptors (Lipinski definition) is 2. The minimum atomic E-state index is -2.06. The Morgan fingerprint density at radius 3 is 2.11 bits per heavy atom. The summed E-state index contributed by atoms with van der Waals surface area (Å²) in [4.78, 5) is 11.7. The number of nitrogens with one attached hydrogen (secondary N) is 1. The van der Waals surface area contributed by atoms with Gasteiger partial charge >= 0.3 is 0 Å². The van der Waals surface area contributed by atoms with Crippen molar-refractivity contribution in [3.05, 3.63) is 35.9 Å². The van der Waals surface area contributed by atoms with E-state index in [4.69, 9.17) is 34.8 Å². The van der Waals surface area contributed by atoms with Crippen molar-refractivity contribution in [1.29, 1.82) is 0 Å². The molecule has 0 aliphatic heterocycles. The lowest BCUT2D eigenvalue weighted by molar-refractivity contribution is -0.123. The van der Waals surface area contributed by atoms with Crippen LogP contribution in [0.25, 0.3) is 0 Å². The Balaban J connectivity index is 2.99. The van der Waals surface area contributed by atoms with Gasteiger partial charge in [-0.05, 0) is 19.4 Å². The maximum atomic E-state index is 11.7. The lowest BCUT2D eigenvalue weighted by atomic mass is 9.92. The largest absolute Gasteiger partial charge is 0.388 e. The molecular weight excluding hydrogens is 296 g/mol. The van der Waals surface area contributed by atoms with Crippen LogP contribution in [0.1, 0.15) is 25.5 Å². The third-order valence-electron chi connectivity index (χ3n) is 2.37. The number of alkyl halides is 3. The van der Waals surface area contributed by atoms with Crippen molar-refractivity contribution in [3.8, 4) is 0 Å². The highest BCUT2D eigenvalue weighted by molar-refractivity contribution is 6.76. The van der Waals surface area contributed by atoms with Gasteiger partial charge in [0.2, 0.25) is 0 Å². The van der Waals surface area contributed by atoms with Crippen LogP contribution in [0.15, 0.2) is 30.3 Å². The molecule has 0 heterocycles. The number of carbonyl (C=O) groups excluding carboxylic acids is 1. The summed E-state index contributed by atoms with van der Waals surface area (Å²) >= 11 is 16.5. The fourth-order valence-electron chi connectivity index (χ4n) is 1.53. The monoisotopic (exact) mass is 309 g/mol. The Morgan fingerprint density at radius 2 is 1.72 bits per heavy atom. The molecule has 0 radical (unpaired) electrons. The second-order valence-electron chi connectivity index (χ2n) is 4.47. The highest BCUT2D eigenvalue weighted by atomic mass is 35.6. The molecular formula is C12H14Cl3NO2. The lowest BCUT2D eigenvalue weighted by Crippen LogP contribution is -2.46. The molecule has 0 aliphatic carbocycles. The highest BCUT2D eigenvalue weighted by Crippen LogP contribution is 2.30. The van der Waals surface area contributed by atoms with E-state index in [-0.39, 0.29) is 0 Å². The fourth-order valence-corrected chi connectivity index (χ4v) is 1.69. The van der Waals surface area contributed by atoms with Gasteiger partial charge in [0.25, 0.3) is 9.70 Å². The van der Waals surface area contributed by atoms with Crippen molar-refractivity contribution in [1.82, 2.24) is 5.32 Å². The van der Waals surface area contributed by atoms with Crippen LogP contribution in [0.3, 0.4) is 0 Å². The van der Waals surface area contributed by atoms with Crippen molar-refractivity contribution < 1.29 is 9.90 Å². The Bertz CT molecular complexity index is 410. The Morgan fingerprint density at radius 1 is 1.22 bits per heavy atom. The first kappa shape index (κ1) is 15.6. The summed E-state index contributed by atoms with van der Waals surface area (Å²) in [5.74, 6) is -0.775. The predicted molar refractivity (Wildman–Crippen MR) is 73.9 cm³/mol.